The molecule has 3 heteroatoms. The molecule has 0 fully saturated rings. The van der Waals surface area contributed by atoms with Crippen LogP contribution in [0.25, 0.3) is 0 Å². The maximum atomic E-state index is 3.58. The molecule has 100 valence electrons. The largest absolute Gasteiger partial charge is 0.310 e. The Balaban J connectivity index is 2.09. The minimum absolute atomic E-state index is 0.410. The predicted molar refractivity (Wildman–Crippen MR) is 86.8 cm³/mol. The second-order valence-corrected chi connectivity index (χ2v) is 6.35. The molecule has 0 heterocycles. The molecule has 1 N–H and O–H groups in total. The minimum atomic E-state index is 0.410. The zero-order valence-corrected chi connectivity index (χ0v) is 13.6. The summed E-state index contributed by atoms with van der Waals surface area (Å²) in [5, 5.41) is 3.43. The Morgan fingerprint density at radius 2 is 1.79 bits per heavy atom. The first-order chi connectivity index (χ1) is 9.20. The molecule has 1 atom stereocenters. The van der Waals surface area contributed by atoms with E-state index in [4.69, 9.17) is 0 Å². The summed E-state index contributed by atoms with van der Waals surface area (Å²) >= 11 is 5.36. The maximum absolute atomic E-state index is 3.58. The first-order valence-electron chi connectivity index (χ1n) is 6.46. The van der Waals surface area contributed by atoms with Crippen LogP contribution in [0.3, 0.4) is 0 Å². The average molecular weight is 336 g/mol. The Bertz CT molecular complexity index is 525. The Morgan fingerprint density at radius 1 is 1.11 bits per heavy atom. The summed E-state index contributed by atoms with van der Waals surface area (Å²) < 4.78 is 1.14. The van der Waals surface area contributed by atoms with Crippen LogP contribution in [0.5, 0.6) is 0 Å². The first kappa shape index (κ1) is 14.6. The van der Waals surface area contributed by atoms with E-state index in [1.165, 1.54) is 15.4 Å². The van der Waals surface area contributed by atoms with Gasteiger partial charge in [-0.15, -0.1) is 0 Å². The summed E-state index contributed by atoms with van der Waals surface area (Å²) in [5.41, 5.74) is 1.33. The fourth-order valence-electron chi connectivity index (χ4n) is 1.90. The van der Waals surface area contributed by atoms with E-state index in [0.29, 0.717) is 6.04 Å². The number of hydrogen-bond acceptors (Lipinski definition) is 2. The summed E-state index contributed by atoms with van der Waals surface area (Å²) in [6.45, 7) is 5.32. The van der Waals surface area contributed by atoms with Crippen LogP contribution in [0, 0.1) is 0 Å². The molecule has 0 spiro atoms. The van der Waals surface area contributed by atoms with Crippen molar-refractivity contribution in [2.45, 2.75) is 29.7 Å². The predicted octanol–water partition coefficient (Wildman–Crippen LogP) is 5.27. The molecule has 0 aromatic heterocycles. The van der Waals surface area contributed by atoms with Gasteiger partial charge in [-0.25, -0.2) is 0 Å². The molecule has 1 nitrogen and oxygen atoms in total. The molecule has 19 heavy (non-hydrogen) atoms. The smallest absolute Gasteiger partial charge is 0.0314 e. The van der Waals surface area contributed by atoms with E-state index in [9.17, 15) is 0 Å². The molecule has 0 aliphatic carbocycles. The molecule has 2 rings (SSSR count). The third kappa shape index (κ3) is 4.10. The standard InChI is InChI=1S/C16H18BrNS/c1-3-18-12(2)13-8-10-14(11-9-13)19-16-7-5-4-6-15(16)17/h4-12,18H,3H2,1-2H3. The normalized spacial score (nSPS) is 12.4. The topological polar surface area (TPSA) is 12.0 Å². The van der Waals surface area contributed by atoms with Crippen molar-refractivity contribution in [1.82, 2.24) is 5.32 Å². The van der Waals surface area contributed by atoms with Crippen LogP contribution in [-0.2, 0) is 0 Å². The van der Waals surface area contributed by atoms with E-state index >= 15 is 0 Å². The number of rotatable bonds is 5. The van der Waals surface area contributed by atoms with Crippen LogP contribution in [-0.4, -0.2) is 6.54 Å². The zero-order chi connectivity index (χ0) is 13.7. The molecular formula is C16H18BrNS. The second kappa shape index (κ2) is 7.13. The Hall–Kier alpha value is -0.770. The minimum Gasteiger partial charge on any atom is -0.310 e. The van der Waals surface area contributed by atoms with Gasteiger partial charge in [0.2, 0.25) is 0 Å². The maximum Gasteiger partial charge on any atom is 0.0314 e. The lowest BCUT2D eigenvalue weighted by Gasteiger charge is -2.13. The van der Waals surface area contributed by atoms with Crippen molar-refractivity contribution < 1.29 is 0 Å². The molecule has 2 aromatic carbocycles. The van der Waals surface area contributed by atoms with E-state index in [2.05, 4.69) is 77.6 Å². The summed E-state index contributed by atoms with van der Waals surface area (Å²) in [6, 6.07) is 17.5. The van der Waals surface area contributed by atoms with E-state index in [-0.39, 0.29) is 0 Å². The van der Waals surface area contributed by atoms with Gasteiger partial charge in [-0.05, 0) is 59.2 Å². The molecule has 0 radical (unpaired) electrons. The highest BCUT2D eigenvalue weighted by atomic mass is 79.9. The van der Waals surface area contributed by atoms with Crippen molar-refractivity contribution >= 4 is 27.7 Å². The fourth-order valence-corrected chi connectivity index (χ4v) is 3.27. The van der Waals surface area contributed by atoms with Crippen molar-refractivity contribution in [3.63, 3.8) is 0 Å². The number of halogens is 1. The fraction of sp³-hybridized carbons (Fsp3) is 0.250. The number of nitrogens with one attached hydrogen (secondary N) is 1. The molecule has 0 saturated heterocycles. The van der Waals surface area contributed by atoms with Gasteiger partial charge in [-0.1, -0.05) is 43.0 Å². The Kier molecular flexibility index (Phi) is 5.49. The Labute approximate surface area is 127 Å². The highest BCUT2D eigenvalue weighted by molar-refractivity contribution is 9.10. The molecule has 0 saturated carbocycles. The van der Waals surface area contributed by atoms with Crippen molar-refractivity contribution in [1.29, 1.82) is 0 Å². The van der Waals surface area contributed by atoms with Crippen molar-refractivity contribution in [2.75, 3.05) is 6.54 Å². The van der Waals surface area contributed by atoms with Gasteiger partial charge >= 0.3 is 0 Å². The third-order valence-corrected chi connectivity index (χ3v) is 4.99. The van der Waals surface area contributed by atoms with E-state index in [1.807, 2.05) is 6.07 Å². The van der Waals surface area contributed by atoms with E-state index in [1.54, 1.807) is 11.8 Å². The van der Waals surface area contributed by atoms with Gasteiger partial charge in [0.1, 0.15) is 0 Å². The first-order valence-corrected chi connectivity index (χ1v) is 8.07. The van der Waals surface area contributed by atoms with E-state index < -0.39 is 0 Å². The van der Waals surface area contributed by atoms with Crippen LogP contribution in [0.15, 0.2) is 62.8 Å². The molecule has 0 bridgehead atoms. The van der Waals surface area contributed by atoms with Gasteiger partial charge in [0.05, 0.1) is 0 Å². The highest BCUT2D eigenvalue weighted by Gasteiger charge is 2.05. The van der Waals surface area contributed by atoms with Gasteiger partial charge in [0, 0.05) is 20.3 Å². The van der Waals surface area contributed by atoms with Crippen LogP contribution in [0.2, 0.25) is 0 Å². The van der Waals surface area contributed by atoms with Gasteiger partial charge in [0.25, 0.3) is 0 Å². The quantitative estimate of drug-likeness (QED) is 0.798. The monoisotopic (exact) mass is 335 g/mol. The van der Waals surface area contributed by atoms with Crippen molar-refractivity contribution in [3.05, 3.63) is 58.6 Å². The summed E-state index contributed by atoms with van der Waals surface area (Å²) in [5.74, 6) is 0. The Morgan fingerprint density at radius 3 is 2.42 bits per heavy atom. The molecule has 0 aliphatic rings. The van der Waals surface area contributed by atoms with Crippen molar-refractivity contribution in [2.24, 2.45) is 0 Å². The highest BCUT2D eigenvalue weighted by Crippen LogP contribution is 2.33. The van der Waals surface area contributed by atoms with Gasteiger partial charge in [-0.2, -0.15) is 0 Å². The van der Waals surface area contributed by atoms with Gasteiger partial charge in [-0.3, -0.25) is 0 Å². The summed E-state index contributed by atoms with van der Waals surface area (Å²) in [4.78, 5) is 2.51. The molecule has 2 aromatic rings. The molecular weight excluding hydrogens is 318 g/mol. The molecule has 1 unspecified atom stereocenters. The SMILES string of the molecule is CCNC(C)c1ccc(Sc2ccccc2Br)cc1. The van der Waals surface area contributed by atoms with Gasteiger partial charge < -0.3 is 5.32 Å². The van der Waals surface area contributed by atoms with Crippen LogP contribution in [0.1, 0.15) is 25.5 Å². The zero-order valence-electron chi connectivity index (χ0n) is 11.2. The molecule has 0 amide bonds. The molecule has 0 aliphatic heterocycles. The van der Waals surface area contributed by atoms with Crippen LogP contribution < -0.4 is 5.32 Å². The third-order valence-electron chi connectivity index (χ3n) is 2.95. The lowest BCUT2D eigenvalue weighted by molar-refractivity contribution is 0.598. The van der Waals surface area contributed by atoms with Gasteiger partial charge in [0.15, 0.2) is 0 Å². The summed E-state index contributed by atoms with van der Waals surface area (Å²) in [7, 11) is 0. The average Bonchev–Trinajstić information content (AvgIpc) is 2.42. The lowest BCUT2D eigenvalue weighted by atomic mass is 10.1. The summed E-state index contributed by atoms with van der Waals surface area (Å²) in [6.07, 6.45) is 0. The number of benzene rings is 2. The van der Waals surface area contributed by atoms with Crippen molar-refractivity contribution in [3.8, 4) is 0 Å². The lowest BCUT2D eigenvalue weighted by Crippen LogP contribution is -2.17. The van der Waals surface area contributed by atoms with Crippen LogP contribution >= 0.6 is 27.7 Å². The number of hydrogen-bond donors (Lipinski definition) is 1. The second-order valence-electron chi connectivity index (χ2n) is 4.38. The van der Waals surface area contributed by atoms with Crippen LogP contribution in [0.4, 0.5) is 0 Å². The van der Waals surface area contributed by atoms with E-state index in [0.717, 1.165) is 11.0 Å².